The number of sulfone groups is 1. The highest BCUT2D eigenvalue weighted by Gasteiger charge is 2.21. The summed E-state index contributed by atoms with van der Waals surface area (Å²) in [6.07, 6.45) is 3.67. The Bertz CT molecular complexity index is 326. The smallest absolute Gasteiger partial charge is 0.153 e. The minimum absolute atomic E-state index is 0. The number of hydrogen-bond donors (Lipinski definition) is 1. The standard InChI is InChI=1S/C13H28N2O2S.ClH/c1-12(2)18(16,17)11-10-15-8-5-13(6-9-15)4-7-14-3;/h12-14H,4-11H2,1-3H3;1H. The lowest BCUT2D eigenvalue weighted by Gasteiger charge is -2.32. The molecule has 0 spiro atoms. The lowest BCUT2D eigenvalue weighted by molar-refractivity contribution is 0.187. The number of halogens is 1. The van der Waals surface area contributed by atoms with Gasteiger partial charge in [0.25, 0.3) is 0 Å². The Morgan fingerprint density at radius 1 is 1.26 bits per heavy atom. The van der Waals surface area contributed by atoms with Crippen molar-refractivity contribution in [3.63, 3.8) is 0 Å². The summed E-state index contributed by atoms with van der Waals surface area (Å²) in [4.78, 5) is 2.30. The topological polar surface area (TPSA) is 49.4 Å². The van der Waals surface area contributed by atoms with Gasteiger partial charge in [0.1, 0.15) is 0 Å². The molecule has 1 aliphatic rings. The predicted octanol–water partition coefficient (Wildman–Crippen LogP) is 1.55. The van der Waals surface area contributed by atoms with Crippen LogP contribution in [0.25, 0.3) is 0 Å². The molecule has 6 heteroatoms. The summed E-state index contributed by atoms with van der Waals surface area (Å²) in [5, 5.41) is 2.95. The van der Waals surface area contributed by atoms with E-state index in [9.17, 15) is 8.42 Å². The van der Waals surface area contributed by atoms with Crippen molar-refractivity contribution in [3.8, 4) is 0 Å². The molecule has 0 aromatic carbocycles. The Balaban J connectivity index is 0.00000324. The average Bonchev–Trinajstić information content (AvgIpc) is 2.35. The SMILES string of the molecule is CNCCC1CCN(CCS(=O)(=O)C(C)C)CC1.Cl. The maximum Gasteiger partial charge on any atom is 0.153 e. The van der Waals surface area contributed by atoms with Gasteiger partial charge in [-0.05, 0) is 65.7 Å². The van der Waals surface area contributed by atoms with E-state index in [1.54, 1.807) is 13.8 Å². The molecule has 0 unspecified atom stereocenters. The Labute approximate surface area is 124 Å². The Morgan fingerprint density at radius 3 is 2.32 bits per heavy atom. The lowest BCUT2D eigenvalue weighted by atomic mass is 9.94. The van der Waals surface area contributed by atoms with E-state index in [0.717, 1.165) is 25.6 Å². The van der Waals surface area contributed by atoms with Crippen molar-refractivity contribution in [3.05, 3.63) is 0 Å². The van der Waals surface area contributed by atoms with Gasteiger partial charge in [-0.15, -0.1) is 12.4 Å². The van der Waals surface area contributed by atoms with Gasteiger partial charge in [-0.3, -0.25) is 0 Å². The first kappa shape index (κ1) is 19.2. The molecule has 1 rings (SSSR count). The largest absolute Gasteiger partial charge is 0.320 e. The predicted molar refractivity (Wildman–Crippen MR) is 83.9 cm³/mol. The van der Waals surface area contributed by atoms with Gasteiger partial charge in [0, 0.05) is 6.54 Å². The third kappa shape index (κ3) is 6.93. The van der Waals surface area contributed by atoms with Gasteiger partial charge >= 0.3 is 0 Å². The van der Waals surface area contributed by atoms with E-state index in [-0.39, 0.29) is 17.7 Å². The fraction of sp³-hybridized carbons (Fsp3) is 1.00. The first-order chi connectivity index (χ1) is 8.45. The molecule has 1 heterocycles. The fourth-order valence-corrected chi connectivity index (χ4v) is 3.32. The molecule has 1 saturated heterocycles. The molecule has 116 valence electrons. The van der Waals surface area contributed by atoms with Crippen LogP contribution in [-0.2, 0) is 9.84 Å². The zero-order chi connectivity index (χ0) is 13.6. The Hall–Kier alpha value is 0.160. The van der Waals surface area contributed by atoms with Crippen LogP contribution in [0.5, 0.6) is 0 Å². The molecule has 0 aromatic rings. The van der Waals surface area contributed by atoms with Gasteiger partial charge in [0.05, 0.1) is 11.0 Å². The first-order valence-corrected chi connectivity index (χ1v) is 8.75. The van der Waals surface area contributed by atoms with Crippen LogP contribution >= 0.6 is 12.4 Å². The summed E-state index contributed by atoms with van der Waals surface area (Å²) >= 11 is 0. The third-order valence-corrected chi connectivity index (χ3v) is 6.11. The van der Waals surface area contributed by atoms with E-state index in [2.05, 4.69) is 10.2 Å². The van der Waals surface area contributed by atoms with Crippen LogP contribution in [0.15, 0.2) is 0 Å². The van der Waals surface area contributed by atoms with Crippen LogP contribution in [0.3, 0.4) is 0 Å². The zero-order valence-corrected chi connectivity index (χ0v) is 14.0. The highest BCUT2D eigenvalue weighted by Crippen LogP contribution is 2.19. The van der Waals surface area contributed by atoms with Gasteiger partial charge in [-0.1, -0.05) is 0 Å². The van der Waals surface area contributed by atoms with Crippen LogP contribution in [0.1, 0.15) is 33.1 Å². The van der Waals surface area contributed by atoms with Crippen molar-refractivity contribution in [2.24, 2.45) is 5.92 Å². The first-order valence-electron chi connectivity index (χ1n) is 7.04. The van der Waals surface area contributed by atoms with Crippen molar-refractivity contribution < 1.29 is 8.42 Å². The molecule has 0 aromatic heterocycles. The molecule has 19 heavy (non-hydrogen) atoms. The van der Waals surface area contributed by atoms with Crippen molar-refractivity contribution in [1.29, 1.82) is 0 Å². The average molecular weight is 313 g/mol. The molecule has 4 nitrogen and oxygen atoms in total. The highest BCUT2D eigenvalue weighted by molar-refractivity contribution is 7.92. The summed E-state index contributed by atoms with van der Waals surface area (Å²) in [7, 11) is -0.885. The zero-order valence-electron chi connectivity index (χ0n) is 12.4. The number of rotatable bonds is 7. The normalized spacial score (nSPS) is 18.5. The number of likely N-dealkylation sites (tertiary alicyclic amines) is 1. The maximum atomic E-state index is 11.7. The molecule has 1 fully saturated rings. The van der Waals surface area contributed by atoms with E-state index in [4.69, 9.17) is 0 Å². The second kappa shape index (κ2) is 9.16. The van der Waals surface area contributed by atoms with Crippen molar-refractivity contribution in [1.82, 2.24) is 10.2 Å². The molecule has 0 aliphatic carbocycles. The molecule has 0 radical (unpaired) electrons. The Morgan fingerprint density at radius 2 is 1.84 bits per heavy atom. The lowest BCUT2D eigenvalue weighted by Crippen LogP contribution is -2.38. The highest BCUT2D eigenvalue weighted by atomic mass is 35.5. The van der Waals surface area contributed by atoms with Gasteiger partial charge in [0.2, 0.25) is 0 Å². The van der Waals surface area contributed by atoms with E-state index >= 15 is 0 Å². The third-order valence-electron chi connectivity index (χ3n) is 3.92. The molecule has 1 aliphatic heterocycles. The molecule has 0 atom stereocenters. The number of piperidine rings is 1. The van der Waals surface area contributed by atoms with Crippen LogP contribution in [0.4, 0.5) is 0 Å². The van der Waals surface area contributed by atoms with Crippen LogP contribution < -0.4 is 5.32 Å². The van der Waals surface area contributed by atoms with E-state index in [1.165, 1.54) is 19.3 Å². The quantitative estimate of drug-likeness (QED) is 0.775. The second-order valence-electron chi connectivity index (χ2n) is 5.59. The summed E-state index contributed by atoms with van der Waals surface area (Å²) in [5.74, 6) is 1.13. The van der Waals surface area contributed by atoms with Crippen molar-refractivity contribution in [2.45, 2.75) is 38.4 Å². The van der Waals surface area contributed by atoms with Crippen LogP contribution in [-0.4, -0.2) is 57.5 Å². The molecular formula is C13H29ClN2O2S. The molecular weight excluding hydrogens is 284 g/mol. The van der Waals surface area contributed by atoms with Crippen LogP contribution in [0.2, 0.25) is 0 Å². The van der Waals surface area contributed by atoms with Gasteiger partial charge in [-0.25, -0.2) is 8.42 Å². The monoisotopic (exact) mass is 312 g/mol. The van der Waals surface area contributed by atoms with Gasteiger partial charge in [0.15, 0.2) is 9.84 Å². The second-order valence-corrected chi connectivity index (χ2v) is 8.27. The molecule has 0 bridgehead atoms. The summed E-state index contributed by atoms with van der Waals surface area (Å²) in [5.41, 5.74) is 0. The van der Waals surface area contributed by atoms with Crippen molar-refractivity contribution >= 4 is 22.2 Å². The number of nitrogens with zero attached hydrogens (tertiary/aromatic N) is 1. The summed E-state index contributed by atoms with van der Waals surface area (Å²) in [6.45, 7) is 7.44. The van der Waals surface area contributed by atoms with E-state index < -0.39 is 9.84 Å². The summed E-state index contributed by atoms with van der Waals surface area (Å²) in [6, 6.07) is 0. The summed E-state index contributed by atoms with van der Waals surface area (Å²) < 4.78 is 23.5. The van der Waals surface area contributed by atoms with Gasteiger partial charge < -0.3 is 10.2 Å². The minimum atomic E-state index is -2.88. The van der Waals surface area contributed by atoms with Gasteiger partial charge in [-0.2, -0.15) is 0 Å². The molecule has 0 amide bonds. The molecule has 0 saturated carbocycles. The number of hydrogen-bond acceptors (Lipinski definition) is 4. The van der Waals surface area contributed by atoms with E-state index in [0.29, 0.717) is 12.3 Å². The maximum absolute atomic E-state index is 11.7. The van der Waals surface area contributed by atoms with Crippen LogP contribution in [0, 0.1) is 5.92 Å². The van der Waals surface area contributed by atoms with Crippen molar-refractivity contribution in [2.75, 3.05) is 39.0 Å². The van der Waals surface area contributed by atoms with E-state index in [1.807, 2.05) is 7.05 Å². The molecule has 1 N–H and O–H groups in total. The fourth-order valence-electron chi connectivity index (χ4n) is 2.34. The Kier molecular flexibility index (Phi) is 9.24. The minimum Gasteiger partial charge on any atom is -0.320 e. The number of nitrogens with one attached hydrogen (secondary N) is 1.